The van der Waals surface area contributed by atoms with Crippen molar-refractivity contribution in [3.63, 3.8) is 0 Å². The van der Waals surface area contributed by atoms with Crippen LogP contribution in [0.1, 0.15) is 15.9 Å². The molecule has 3 rings (SSSR count). The third-order valence-electron chi connectivity index (χ3n) is 4.90. The molecule has 28 heavy (non-hydrogen) atoms. The number of aryl methyl sites for hydroxylation is 1. The van der Waals surface area contributed by atoms with Crippen molar-refractivity contribution >= 4 is 13.1 Å². The number of ether oxygens (including phenoxy) is 1. The van der Waals surface area contributed by atoms with Crippen LogP contribution in [0.15, 0.2) is 12.1 Å². The van der Waals surface area contributed by atoms with E-state index in [0.717, 1.165) is 0 Å². The van der Waals surface area contributed by atoms with E-state index < -0.39 is 44.1 Å². The highest BCUT2D eigenvalue weighted by molar-refractivity contribution is 6.44. The fourth-order valence-electron chi connectivity index (χ4n) is 3.25. The van der Waals surface area contributed by atoms with Gasteiger partial charge in [0, 0.05) is 19.6 Å². The number of nitrogens with zero attached hydrogens (tertiary/aromatic N) is 1. The lowest BCUT2D eigenvalue weighted by Crippen LogP contribution is -2.67. The molecule has 0 spiro atoms. The summed E-state index contributed by atoms with van der Waals surface area (Å²) in [6.07, 6.45) is -4.51. The van der Waals surface area contributed by atoms with Crippen molar-refractivity contribution in [1.82, 2.24) is 4.90 Å². The highest BCUT2D eigenvalue weighted by Gasteiger charge is 2.53. The van der Waals surface area contributed by atoms with Gasteiger partial charge in [-0.2, -0.15) is 13.2 Å². The molecule has 0 bridgehead atoms. The summed E-state index contributed by atoms with van der Waals surface area (Å²) in [5.74, 6) is -1.24. The van der Waals surface area contributed by atoms with Crippen LogP contribution in [-0.4, -0.2) is 77.3 Å². The maximum atomic E-state index is 13.0. The number of carboxylic acids is 1. The van der Waals surface area contributed by atoms with Gasteiger partial charge < -0.3 is 30.4 Å². The highest BCUT2D eigenvalue weighted by atomic mass is 19.4. The predicted octanol–water partition coefficient (Wildman–Crippen LogP) is 0.115. The Morgan fingerprint density at radius 3 is 2.64 bits per heavy atom. The summed E-state index contributed by atoms with van der Waals surface area (Å²) < 4.78 is 49.8. The van der Waals surface area contributed by atoms with Crippen molar-refractivity contribution in [3.05, 3.63) is 23.3 Å². The number of aliphatic hydroxyl groups is 1. The average Bonchev–Trinajstić information content (AvgIpc) is 2.57. The average molecular weight is 404 g/mol. The van der Waals surface area contributed by atoms with Crippen LogP contribution in [0.5, 0.6) is 11.5 Å². The van der Waals surface area contributed by atoms with Gasteiger partial charge in [0.25, 0.3) is 0 Å². The van der Waals surface area contributed by atoms with Gasteiger partial charge in [0.2, 0.25) is 0 Å². The molecule has 2 heterocycles. The molecular weight excluding hydrogens is 384 g/mol. The van der Waals surface area contributed by atoms with Crippen LogP contribution in [0, 0.1) is 0 Å². The Kier molecular flexibility index (Phi) is 5.50. The Morgan fingerprint density at radius 1 is 1.39 bits per heavy atom. The summed E-state index contributed by atoms with van der Waals surface area (Å²) in [5.41, 5.74) is 2.93. The number of nitrogens with two attached hydrogens (primary N) is 1. The summed E-state index contributed by atoms with van der Waals surface area (Å²) in [5, 5.41) is 28.2. The van der Waals surface area contributed by atoms with E-state index in [4.69, 9.17) is 20.2 Å². The van der Waals surface area contributed by atoms with Crippen molar-refractivity contribution in [2.24, 2.45) is 5.73 Å². The minimum atomic E-state index is -4.76. The molecule has 8 nitrogen and oxygen atoms in total. The Balaban J connectivity index is 1.68. The molecule has 0 amide bonds. The molecular formula is C16H20BF3N2O6. The maximum Gasteiger partial charge on any atom is 0.522 e. The number of aromatic carboxylic acids is 1. The van der Waals surface area contributed by atoms with E-state index in [1.165, 1.54) is 11.0 Å². The first-order chi connectivity index (χ1) is 13.0. The molecule has 0 aromatic heterocycles. The molecule has 2 aliphatic rings. The lowest BCUT2D eigenvalue weighted by Gasteiger charge is -2.44. The molecule has 0 radical (unpaired) electrons. The lowest BCUT2D eigenvalue weighted by atomic mass is 9.78. The van der Waals surface area contributed by atoms with Crippen LogP contribution in [-0.2, 0) is 6.42 Å². The second kappa shape index (κ2) is 7.43. The second-order valence-corrected chi connectivity index (χ2v) is 7.09. The normalized spacial score (nSPS) is 20.0. The molecule has 0 saturated carbocycles. The van der Waals surface area contributed by atoms with E-state index in [9.17, 15) is 28.1 Å². The van der Waals surface area contributed by atoms with Crippen molar-refractivity contribution < 1.29 is 42.6 Å². The maximum absolute atomic E-state index is 13.0. The molecule has 1 aromatic carbocycles. The predicted molar refractivity (Wildman–Crippen MR) is 91.4 cm³/mol. The third-order valence-corrected chi connectivity index (χ3v) is 4.90. The zero-order valence-corrected chi connectivity index (χ0v) is 14.8. The van der Waals surface area contributed by atoms with Crippen molar-refractivity contribution in [2.75, 3.05) is 26.2 Å². The van der Waals surface area contributed by atoms with E-state index in [1.54, 1.807) is 6.07 Å². The van der Waals surface area contributed by atoms with Gasteiger partial charge >= 0.3 is 19.3 Å². The molecule has 5 N–H and O–H groups in total. The molecule has 2 aliphatic heterocycles. The van der Waals surface area contributed by atoms with Crippen LogP contribution in [0.3, 0.4) is 0 Å². The lowest BCUT2D eigenvalue weighted by molar-refractivity contribution is -0.205. The Bertz CT molecular complexity index is 759. The minimum Gasteiger partial charge on any atom is -0.535 e. The zero-order chi connectivity index (χ0) is 20.7. The van der Waals surface area contributed by atoms with Gasteiger partial charge in [-0.05, 0) is 24.4 Å². The van der Waals surface area contributed by atoms with Crippen LogP contribution in [0.4, 0.5) is 13.2 Å². The number of hydrogen-bond acceptors (Lipinski definition) is 7. The SMILES string of the molecule is NC(CO)(CN1CC(Oc2ccc3c(c2C(=O)O)OB(O)CC3)C1)C(F)(F)F. The van der Waals surface area contributed by atoms with Gasteiger partial charge in [0.15, 0.2) is 0 Å². The number of fused-ring (bicyclic) bond motifs is 1. The number of carbonyl (C=O) groups is 1. The number of rotatable bonds is 6. The van der Waals surface area contributed by atoms with E-state index in [1.807, 2.05) is 0 Å². The van der Waals surface area contributed by atoms with Crippen molar-refractivity contribution in [1.29, 1.82) is 0 Å². The van der Waals surface area contributed by atoms with E-state index >= 15 is 0 Å². The summed E-state index contributed by atoms with van der Waals surface area (Å²) in [6, 6.07) is 3.11. The number of halogens is 3. The standard InChI is InChI=1S/C16H20BF3N2O6/c18-16(19,20)15(21,8-23)7-22-5-10(6-22)27-11-2-1-9-3-4-17(26)28-13(9)12(11)14(24)25/h1-2,10,23,26H,3-8,21H2,(H,24,25). The first-order valence-electron chi connectivity index (χ1n) is 8.63. The van der Waals surface area contributed by atoms with Crippen LogP contribution >= 0.6 is 0 Å². The van der Waals surface area contributed by atoms with Crippen molar-refractivity contribution in [2.45, 2.75) is 30.6 Å². The number of hydrogen-bond donors (Lipinski definition) is 4. The monoisotopic (exact) mass is 404 g/mol. The fraction of sp³-hybridized carbons (Fsp3) is 0.562. The molecule has 12 heteroatoms. The first-order valence-corrected chi connectivity index (χ1v) is 8.63. The number of alkyl halides is 3. The minimum absolute atomic E-state index is 0.0157. The van der Waals surface area contributed by atoms with Gasteiger partial charge in [-0.1, -0.05) is 6.07 Å². The number of carboxylic acid groups (broad SMARTS) is 1. The third kappa shape index (κ3) is 3.90. The second-order valence-electron chi connectivity index (χ2n) is 7.09. The summed E-state index contributed by atoms with van der Waals surface area (Å²) in [4.78, 5) is 13.0. The molecule has 154 valence electrons. The number of aliphatic hydroxyl groups excluding tert-OH is 1. The van der Waals surface area contributed by atoms with Gasteiger partial charge in [0.1, 0.15) is 28.7 Å². The number of likely N-dealkylation sites (tertiary alicyclic amines) is 1. The van der Waals surface area contributed by atoms with Crippen LogP contribution in [0.2, 0.25) is 6.32 Å². The molecule has 1 saturated heterocycles. The fourth-order valence-corrected chi connectivity index (χ4v) is 3.25. The van der Waals surface area contributed by atoms with Gasteiger partial charge in [-0.25, -0.2) is 4.79 Å². The molecule has 1 unspecified atom stereocenters. The van der Waals surface area contributed by atoms with Gasteiger partial charge in [-0.3, -0.25) is 4.90 Å². The Morgan fingerprint density at radius 2 is 2.07 bits per heavy atom. The van der Waals surface area contributed by atoms with Crippen LogP contribution < -0.4 is 15.1 Å². The number of benzene rings is 1. The van der Waals surface area contributed by atoms with Crippen molar-refractivity contribution in [3.8, 4) is 11.5 Å². The highest BCUT2D eigenvalue weighted by Crippen LogP contribution is 2.37. The molecule has 1 atom stereocenters. The van der Waals surface area contributed by atoms with Crippen LogP contribution in [0.25, 0.3) is 0 Å². The zero-order valence-electron chi connectivity index (χ0n) is 14.8. The summed E-state index contributed by atoms with van der Waals surface area (Å²) >= 11 is 0. The smallest absolute Gasteiger partial charge is 0.522 e. The molecule has 0 aliphatic carbocycles. The Labute approximate surface area is 158 Å². The Hall–Kier alpha value is -2.02. The van der Waals surface area contributed by atoms with E-state index in [0.29, 0.717) is 18.3 Å². The van der Waals surface area contributed by atoms with Gasteiger partial charge in [0.05, 0.1) is 6.61 Å². The quantitative estimate of drug-likeness (QED) is 0.493. The summed E-state index contributed by atoms with van der Waals surface area (Å²) in [7, 11) is -1.11. The molecule has 1 aromatic rings. The first kappa shape index (κ1) is 20.7. The largest absolute Gasteiger partial charge is 0.535 e. The summed E-state index contributed by atoms with van der Waals surface area (Å²) in [6.45, 7) is -1.66. The topological polar surface area (TPSA) is 125 Å². The van der Waals surface area contributed by atoms with E-state index in [2.05, 4.69) is 0 Å². The van der Waals surface area contributed by atoms with E-state index in [-0.39, 0.29) is 30.2 Å². The molecule has 1 fully saturated rings. The van der Waals surface area contributed by atoms with Gasteiger partial charge in [-0.15, -0.1) is 0 Å².